The molecule has 8 heteroatoms. The minimum Gasteiger partial charge on any atom is -0.337 e. The van der Waals surface area contributed by atoms with Crippen molar-refractivity contribution < 1.29 is 18.0 Å². The zero-order valence-electron chi connectivity index (χ0n) is 13.2. The molecule has 0 bridgehead atoms. The molecule has 3 rings (SSSR count). The van der Waals surface area contributed by atoms with Gasteiger partial charge in [-0.05, 0) is 24.6 Å². The lowest BCUT2D eigenvalue weighted by atomic mass is 10.1. The molecule has 1 aromatic carbocycles. The van der Waals surface area contributed by atoms with E-state index in [0.717, 1.165) is 44.7 Å². The zero-order valence-corrected chi connectivity index (χ0v) is 14.0. The highest BCUT2D eigenvalue weighted by atomic mass is 35.5. The van der Waals surface area contributed by atoms with Crippen molar-refractivity contribution in [3.63, 3.8) is 0 Å². The fourth-order valence-corrected chi connectivity index (χ4v) is 3.28. The molecule has 1 amide bonds. The van der Waals surface area contributed by atoms with E-state index in [4.69, 9.17) is 0 Å². The second-order valence-electron chi connectivity index (χ2n) is 6.06. The van der Waals surface area contributed by atoms with Crippen molar-refractivity contribution in [2.45, 2.75) is 18.6 Å². The topological polar surface area (TPSA) is 35.6 Å². The quantitative estimate of drug-likeness (QED) is 0.875. The molecule has 2 fully saturated rings. The van der Waals surface area contributed by atoms with Gasteiger partial charge in [0.15, 0.2) is 0 Å². The first-order chi connectivity index (χ1) is 10.9. The van der Waals surface area contributed by atoms with Gasteiger partial charge in [0.1, 0.15) is 0 Å². The number of benzene rings is 1. The molecule has 2 aliphatic heterocycles. The number of nitrogens with zero attached hydrogens (tertiary/aromatic N) is 2. The van der Waals surface area contributed by atoms with Crippen LogP contribution in [-0.4, -0.2) is 61.0 Å². The van der Waals surface area contributed by atoms with E-state index in [1.165, 1.54) is 12.1 Å². The summed E-state index contributed by atoms with van der Waals surface area (Å²) in [4.78, 5) is 16.5. The number of nitrogens with one attached hydrogen (secondary N) is 1. The number of hydrogen-bond donors (Lipinski definition) is 1. The number of hydrogen-bond acceptors (Lipinski definition) is 3. The molecule has 0 aliphatic carbocycles. The van der Waals surface area contributed by atoms with Gasteiger partial charge in [-0.15, -0.1) is 12.4 Å². The van der Waals surface area contributed by atoms with Gasteiger partial charge in [-0.1, -0.05) is 6.07 Å². The fourth-order valence-electron chi connectivity index (χ4n) is 3.28. The Balaban J connectivity index is 0.00000208. The van der Waals surface area contributed by atoms with Gasteiger partial charge in [-0.3, -0.25) is 9.69 Å². The van der Waals surface area contributed by atoms with Crippen LogP contribution < -0.4 is 5.32 Å². The van der Waals surface area contributed by atoms with E-state index in [0.29, 0.717) is 19.1 Å². The van der Waals surface area contributed by atoms with E-state index in [1.54, 1.807) is 4.90 Å². The van der Waals surface area contributed by atoms with Crippen molar-refractivity contribution in [3.8, 4) is 0 Å². The summed E-state index contributed by atoms with van der Waals surface area (Å²) in [6.45, 7) is 4.99. The van der Waals surface area contributed by atoms with E-state index in [2.05, 4.69) is 10.2 Å². The zero-order chi connectivity index (χ0) is 16.4. The smallest absolute Gasteiger partial charge is 0.337 e. The molecule has 134 valence electrons. The number of alkyl halides is 3. The maximum absolute atomic E-state index is 12.8. The third kappa shape index (κ3) is 4.20. The van der Waals surface area contributed by atoms with Crippen LogP contribution in [0.5, 0.6) is 0 Å². The molecular weight excluding hydrogens is 343 g/mol. The number of carbonyl (C=O) groups excluding carboxylic acids is 1. The minimum absolute atomic E-state index is 0. The highest BCUT2D eigenvalue weighted by molar-refractivity contribution is 5.94. The monoisotopic (exact) mass is 363 g/mol. The van der Waals surface area contributed by atoms with Crippen molar-refractivity contribution in [2.75, 3.05) is 39.3 Å². The number of rotatable bonds is 2. The lowest BCUT2D eigenvalue weighted by molar-refractivity contribution is -0.137. The molecule has 24 heavy (non-hydrogen) atoms. The first kappa shape index (κ1) is 19.0. The van der Waals surface area contributed by atoms with Crippen LogP contribution in [0.15, 0.2) is 24.3 Å². The molecule has 1 unspecified atom stereocenters. The first-order valence-electron chi connectivity index (χ1n) is 7.86. The van der Waals surface area contributed by atoms with Crippen LogP contribution in [-0.2, 0) is 6.18 Å². The summed E-state index contributed by atoms with van der Waals surface area (Å²) in [6.07, 6.45) is -3.55. The summed E-state index contributed by atoms with van der Waals surface area (Å²) in [5.74, 6) is -0.311. The van der Waals surface area contributed by atoms with E-state index < -0.39 is 11.7 Å². The third-order valence-corrected chi connectivity index (χ3v) is 4.56. The summed E-state index contributed by atoms with van der Waals surface area (Å²) < 4.78 is 38.3. The molecular formula is C16H21ClF3N3O. The summed E-state index contributed by atoms with van der Waals surface area (Å²) in [5, 5.41) is 3.29. The van der Waals surface area contributed by atoms with Crippen LogP contribution >= 0.6 is 12.4 Å². The Morgan fingerprint density at radius 1 is 1.17 bits per heavy atom. The molecule has 0 aromatic heterocycles. The Bertz CT molecular complexity index is 576. The summed E-state index contributed by atoms with van der Waals surface area (Å²) in [7, 11) is 0. The average molecular weight is 364 g/mol. The van der Waals surface area contributed by atoms with Gasteiger partial charge < -0.3 is 10.2 Å². The third-order valence-electron chi connectivity index (χ3n) is 4.56. The van der Waals surface area contributed by atoms with Gasteiger partial charge in [0.05, 0.1) is 5.56 Å². The van der Waals surface area contributed by atoms with Crippen LogP contribution in [0.2, 0.25) is 0 Å². The van der Waals surface area contributed by atoms with Gasteiger partial charge in [0, 0.05) is 50.9 Å². The fraction of sp³-hybridized carbons (Fsp3) is 0.562. The van der Waals surface area contributed by atoms with Crippen LogP contribution in [0.1, 0.15) is 22.3 Å². The maximum Gasteiger partial charge on any atom is 0.416 e. The Morgan fingerprint density at radius 3 is 2.54 bits per heavy atom. The predicted octanol–water partition coefficient (Wildman–Crippen LogP) is 2.25. The van der Waals surface area contributed by atoms with E-state index in [9.17, 15) is 18.0 Å². The Morgan fingerprint density at radius 2 is 1.88 bits per heavy atom. The molecule has 2 heterocycles. The Labute approximate surface area is 145 Å². The van der Waals surface area contributed by atoms with Crippen molar-refractivity contribution in [3.05, 3.63) is 35.4 Å². The molecule has 0 saturated carbocycles. The predicted molar refractivity (Wildman–Crippen MR) is 87.4 cm³/mol. The van der Waals surface area contributed by atoms with Crippen molar-refractivity contribution >= 4 is 18.3 Å². The summed E-state index contributed by atoms with van der Waals surface area (Å²) in [5.41, 5.74) is -0.665. The highest BCUT2D eigenvalue weighted by Gasteiger charge is 2.34. The van der Waals surface area contributed by atoms with E-state index >= 15 is 0 Å². The normalized spacial score (nSPS) is 22.3. The van der Waals surface area contributed by atoms with Gasteiger partial charge >= 0.3 is 6.18 Å². The molecule has 0 radical (unpaired) electrons. The summed E-state index contributed by atoms with van der Waals surface area (Å²) >= 11 is 0. The second kappa shape index (κ2) is 7.72. The van der Waals surface area contributed by atoms with Gasteiger partial charge in [0.2, 0.25) is 0 Å². The van der Waals surface area contributed by atoms with Crippen molar-refractivity contribution in [2.24, 2.45) is 0 Å². The van der Waals surface area contributed by atoms with Crippen molar-refractivity contribution in [1.29, 1.82) is 0 Å². The Kier molecular flexibility index (Phi) is 6.11. The van der Waals surface area contributed by atoms with Crippen molar-refractivity contribution in [1.82, 2.24) is 15.1 Å². The van der Waals surface area contributed by atoms with Gasteiger partial charge in [-0.25, -0.2) is 0 Å². The lowest BCUT2D eigenvalue weighted by Gasteiger charge is -2.32. The Hall–Kier alpha value is -1.31. The largest absolute Gasteiger partial charge is 0.416 e. The van der Waals surface area contributed by atoms with Gasteiger partial charge in [0.25, 0.3) is 5.91 Å². The van der Waals surface area contributed by atoms with Crippen LogP contribution in [0.25, 0.3) is 0 Å². The number of carbonyl (C=O) groups is 1. The van der Waals surface area contributed by atoms with Crippen LogP contribution in [0.4, 0.5) is 13.2 Å². The van der Waals surface area contributed by atoms with E-state index in [1.807, 2.05) is 0 Å². The molecule has 2 saturated heterocycles. The minimum atomic E-state index is -4.43. The summed E-state index contributed by atoms with van der Waals surface area (Å²) in [6, 6.07) is 4.99. The highest BCUT2D eigenvalue weighted by Crippen LogP contribution is 2.30. The molecule has 1 N–H and O–H groups in total. The van der Waals surface area contributed by atoms with Crippen LogP contribution in [0, 0.1) is 0 Å². The van der Waals surface area contributed by atoms with E-state index in [-0.39, 0.29) is 23.9 Å². The number of halogens is 4. The second-order valence-corrected chi connectivity index (χ2v) is 6.06. The number of likely N-dealkylation sites (tertiary alicyclic amines) is 1. The molecule has 1 atom stereocenters. The SMILES string of the molecule is Cl.O=C(c1cccc(C(F)(F)F)c1)N1CCC(N2CCNCC2)C1. The maximum atomic E-state index is 12.8. The molecule has 4 nitrogen and oxygen atoms in total. The first-order valence-corrected chi connectivity index (χ1v) is 7.86. The standard InChI is InChI=1S/C16H20F3N3O.ClH/c17-16(18,19)13-3-1-2-12(10-13)15(23)22-7-4-14(11-22)21-8-5-20-6-9-21;/h1-3,10,14,20H,4-9,11H2;1H. The van der Waals surface area contributed by atoms with Crippen LogP contribution in [0.3, 0.4) is 0 Å². The number of piperazine rings is 1. The lowest BCUT2D eigenvalue weighted by Crippen LogP contribution is -2.49. The van der Waals surface area contributed by atoms with Gasteiger partial charge in [-0.2, -0.15) is 13.2 Å². The molecule has 2 aliphatic rings. The molecule has 1 aromatic rings. The average Bonchev–Trinajstić information content (AvgIpc) is 3.04. The number of amides is 1. The molecule has 0 spiro atoms.